The molecular weight excluding hydrogens is 430 g/mol. The first-order chi connectivity index (χ1) is 10.1. The van der Waals surface area contributed by atoms with Gasteiger partial charge in [0.15, 0.2) is 0 Å². The molecule has 0 aromatic heterocycles. The maximum Gasteiger partial charge on any atom is -0.147 e. The van der Waals surface area contributed by atoms with E-state index in [1.54, 1.807) is 16.7 Å². The molecule has 2 aliphatic rings. The average molecular weight is 461 g/mol. The van der Waals surface area contributed by atoms with E-state index in [0.717, 1.165) is 0 Å². The number of hydrogen-bond acceptors (Lipinski definition) is 0. The fourth-order valence-electron chi connectivity index (χ4n) is 5.36. The number of allylic oxidation sites excluding steroid dienone is 5. The number of hydrogen-bond donors (Lipinski definition) is 0. The molecule has 0 N–H and O–H groups in total. The van der Waals surface area contributed by atoms with E-state index in [4.69, 9.17) is 0 Å². The monoisotopic (exact) mass is 458 g/mol. The van der Waals surface area contributed by atoms with E-state index in [2.05, 4.69) is 80.3 Å². The van der Waals surface area contributed by atoms with Crippen molar-refractivity contribution in [3.8, 4) is 0 Å². The van der Waals surface area contributed by atoms with Crippen LogP contribution in [-0.2, 0) is 17.4 Å². The van der Waals surface area contributed by atoms with Gasteiger partial charge in [-0.2, -0.15) is 0 Å². The molecule has 132 valence electrons. The first-order valence-corrected chi connectivity index (χ1v) is 21.8. The van der Waals surface area contributed by atoms with Crippen LogP contribution in [0.4, 0.5) is 0 Å². The van der Waals surface area contributed by atoms with Gasteiger partial charge < -0.3 is 0 Å². The molecule has 0 saturated heterocycles. The van der Waals surface area contributed by atoms with Crippen LogP contribution in [-0.4, -0.2) is 6.88 Å². The van der Waals surface area contributed by atoms with Crippen molar-refractivity contribution < 1.29 is 17.4 Å². The third-order valence-corrected chi connectivity index (χ3v) is 23.4. The molecule has 1 aromatic rings. The molecule has 2 unspecified atom stereocenters. The zero-order valence-electron chi connectivity index (χ0n) is 15.6. The molecule has 1 aromatic carbocycles. The van der Waals surface area contributed by atoms with Gasteiger partial charge in [-0.05, 0) is 0 Å². The van der Waals surface area contributed by atoms with Crippen LogP contribution in [0.15, 0.2) is 50.3 Å². The minimum atomic E-state index is -3.08. The zero-order chi connectivity index (χ0) is 16.3. The summed E-state index contributed by atoms with van der Waals surface area (Å²) in [6, 6.07) is 9.05. The van der Waals surface area contributed by atoms with Crippen molar-refractivity contribution in [1.29, 1.82) is 0 Å². The van der Waals surface area contributed by atoms with Crippen molar-refractivity contribution in [2.75, 3.05) is 0 Å². The van der Waals surface area contributed by atoms with Gasteiger partial charge in [0, 0.05) is 0 Å². The van der Waals surface area contributed by atoms with Crippen molar-refractivity contribution in [1.82, 2.24) is 0 Å². The Morgan fingerprint density at radius 3 is 2.12 bits per heavy atom. The summed E-state index contributed by atoms with van der Waals surface area (Å²) in [6.45, 7) is 11.8. The minimum absolute atomic E-state index is 0. The van der Waals surface area contributed by atoms with Crippen LogP contribution < -0.4 is 0 Å². The van der Waals surface area contributed by atoms with Gasteiger partial charge in [0.1, 0.15) is 0 Å². The standard InChI is InChI=1S/C10H9.C8H11.2CH3.2ClH.H2Si.Zr/c1-8-6-9-4-2-3-5-10(9)7-8;1-6-4-7(2)8(3)5-6;;;;;;/h2-7H,1H3;4,6H,1-3H3;2*1H3;2*1H;1H2;. The van der Waals surface area contributed by atoms with E-state index in [-0.39, 0.29) is 24.8 Å². The third-order valence-electron chi connectivity index (χ3n) is 5.91. The first kappa shape index (κ1) is 22.2. The Kier molecular flexibility index (Phi) is 6.49. The maximum atomic E-state index is 2.67. The molecule has 2 atom stereocenters. The van der Waals surface area contributed by atoms with Crippen molar-refractivity contribution in [2.45, 2.75) is 40.6 Å². The first-order valence-electron chi connectivity index (χ1n) is 8.36. The van der Waals surface area contributed by atoms with Crippen LogP contribution in [0.2, 0.25) is 9.26 Å². The molecule has 0 saturated carbocycles. The van der Waals surface area contributed by atoms with Crippen LogP contribution in [0.3, 0.4) is 0 Å². The Balaban J connectivity index is 0.00000144. The van der Waals surface area contributed by atoms with E-state index in [1.165, 1.54) is 11.1 Å². The van der Waals surface area contributed by atoms with Gasteiger partial charge in [-0.25, -0.2) is 0 Å². The fraction of sp³-hybridized carbons (Fsp3) is 0.400. The largest absolute Gasteiger partial charge is 0.147 e. The van der Waals surface area contributed by atoms with Crippen molar-refractivity contribution in [3.63, 3.8) is 0 Å². The second kappa shape index (κ2) is 7.03. The predicted molar refractivity (Wildman–Crippen MR) is 113 cm³/mol. The van der Waals surface area contributed by atoms with E-state index in [9.17, 15) is 0 Å². The van der Waals surface area contributed by atoms with Gasteiger partial charge in [0.05, 0.1) is 0 Å². The quantitative estimate of drug-likeness (QED) is 0.462. The van der Waals surface area contributed by atoms with E-state index < -0.39 is 17.4 Å². The molecule has 0 aliphatic heterocycles. The van der Waals surface area contributed by atoms with Crippen LogP contribution in [0.5, 0.6) is 0 Å². The molecule has 0 spiro atoms. The normalized spacial score (nSPS) is 23.1. The van der Waals surface area contributed by atoms with Crippen molar-refractivity contribution in [3.05, 3.63) is 61.5 Å². The molecule has 0 bridgehead atoms. The minimum Gasteiger partial charge on any atom is -0.147 e. The predicted octanol–water partition coefficient (Wildman–Crippen LogP) is 6.19. The molecule has 3 rings (SSSR count). The Morgan fingerprint density at radius 2 is 1.58 bits per heavy atom. The van der Waals surface area contributed by atoms with Gasteiger partial charge in [-0.3, -0.25) is 0 Å². The Labute approximate surface area is 162 Å². The summed E-state index contributed by atoms with van der Waals surface area (Å²) in [7, 11) is 0. The summed E-state index contributed by atoms with van der Waals surface area (Å²) in [5, 5.41) is 0. The molecule has 0 radical (unpaired) electrons. The van der Waals surface area contributed by atoms with Crippen molar-refractivity contribution in [2.24, 2.45) is 5.92 Å². The van der Waals surface area contributed by atoms with E-state index in [0.29, 0.717) is 9.54 Å². The zero-order valence-corrected chi connectivity index (χ0v) is 21.1. The topological polar surface area (TPSA) is 0 Å². The number of halogens is 2. The molecule has 0 heterocycles. The summed E-state index contributed by atoms with van der Waals surface area (Å²) in [5.41, 5.74) is 7.72. The Morgan fingerprint density at radius 1 is 1.00 bits per heavy atom. The van der Waals surface area contributed by atoms with E-state index >= 15 is 0 Å². The Hall–Kier alpha value is 0.120. The molecule has 2 aliphatic carbocycles. The third kappa shape index (κ3) is 3.25. The van der Waals surface area contributed by atoms with Gasteiger partial charge in [0.25, 0.3) is 0 Å². The number of fused-ring (bicyclic) bond motifs is 1. The molecule has 0 amide bonds. The van der Waals surface area contributed by atoms with Gasteiger partial charge in [-0.1, -0.05) is 0 Å². The van der Waals surface area contributed by atoms with E-state index in [1.807, 2.05) is 3.28 Å². The van der Waals surface area contributed by atoms with Crippen LogP contribution in [0.25, 0.3) is 6.08 Å². The van der Waals surface area contributed by atoms with Crippen molar-refractivity contribution >= 4 is 37.8 Å². The summed E-state index contributed by atoms with van der Waals surface area (Å²) < 4.78 is 7.84. The van der Waals surface area contributed by atoms with Gasteiger partial charge >= 0.3 is 138 Å². The van der Waals surface area contributed by atoms with Gasteiger partial charge in [0.2, 0.25) is 0 Å². The molecule has 0 nitrogen and oxygen atoms in total. The summed E-state index contributed by atoms with van der Waals surface area (Å²) in [5.74, 6) is 0.624. The molecular formula is C20H30Cl2SiZr. The summed E-state index contributed by atoms with van der Waals surface area (Å²) in [4.78, 5) is 0. The second-order valence-electron chi connectivity index (χ2n) is 8.44. The summed E-state index contributed by atoms with van der Waals surface area (Å²) in [6.07, 6.45) is 4.92. The van der Waals surface area contributed by atoms with Crippen LogP contribution in [0, 0.1) is 5.92 Å². The van der Waals surface area contributed by atoms with Crippen LogP contribution >= 0.6 is 24.8 Å². The maximum absolute atomic E-state index is 3.08. The number of benzene rings is 1. The second-order valence-corrected chi connectivity index (χ2v) is 37.9. The SMILES string of the molecule is CC1=CC(C)[C]([Zr]([CH3])([CH3])(=[SiH2])[CH]2C(C)=Cc3ccccc32)=C1C.Cl.Cl. The van der Waals surface area contributed by atoms with Gasteiger partial charge in [-0.15, -0.1) is 24.8 Å². The molecule has 24 heavy (non-hydrogen) atoms. The smallest absolute Gasteiger partial charge is 0.147 e. The fourth-order valence-corrected chi connectivity index (χ4v) is 27.1. The molecule has 4 heteroatoms. The molecule has 0 fully saturated rings. The number of rotatable bonds is 2. The van der Waals surface area contributed by atoms with Crippen LogP contribution in [0.1, 0.15) is 42.4 Å². The summed E-state index contributed by atoms with van der Waals surface area (Å²) >= 11 is -3.08. The Bertz CT molecular complexity index is 824. The average Bonchev–Trinajstić information content (AvgIpc) is 2.86.